The quantitative estimate of drug-likeness (QED) is 0.794. The second-order valence-corrected chi connectivity index (χ2v) is 6.57. The lowest BCUT2D eigenvalue weighted by Gasteiger charge is -2.28. The highest BCUT2D eigenvalue weighted by Crippen LogP contribution is 2.28. The zero-order chi connectivity index (χ0) is 14.6. The van der Waals surface area contributed by atoms with Gasteiger partial charge in [-0.05, 0) is 38.3 Å². The number of thiocarbonyl (C=S) groups is 1. The molecule has 0 unspecified atom stereocenters. The Morgan fingerprint density at radius 3 is 2.37 bits per heavy atom. The number of nitrogens with two attached hydrogens (primary N) is 1. The smallest absolute Gasteiger partial charge is 0.233 e. The van der Waals surface area contributed by atoms with Gasteiger partial charge >= 0.3 is 0 Å². The van der Waals surface area contributed by atoms with Crippen molar-refractivity contribution < 1.29 is 4.79 Å². The fourth-order valence-electron chi connectivity index (χ4n) is 2.10. The Hall–Kier alpha value is -0.940. The molecule has 19 heavy (non-hydrogen) atoms. The number of hydrogen-bond donors (Lipinski definition) is 2. The van der Waals surface area contributed by atoms with Crippen LogP contribution in [0.25, 0.3) is 0 Å². The molecule has 1 aromatic heterocycles. The van der Waals surface area contributed by atoms with Gasteiger partial charge in [0.25, 0.3) is 0 Å². The largest absolute Gasteiger partial charge is 0.392 e. The van der Waals surface area contributed by atoms with Gasteiger partial charge in [-0.1, -0.05) is 26.1 Å². The normalized spacial score (nSPS) is 11.4. The number of carbonyl (C=O) groups is 1. The van der Waals surface area contributed by atoms with Gasteiger partial charge in [0.1, 0.15) is 0 Å². The van der Waals surface area contributed by atoms with Crippen molar-refractivity contribution in [3.8, 4) is 0 Å². The summed E-state index contributed by atoms with van der Waals surface area (Å²) >= 11 is 6.79. The summed E-state index contributed by atoms with van der Waals surface area (Å²) in [5, 5.41) is 2.97. The maximum atomic E-state index is 12.4. The summed E-state index contributed by atoms with van der Waals surface area (Å²) in [6, 6.07) is 2.11. The van der Waals surface area contributed by atoms with Gasteiger partial charge in [-0.15, -0.1) is 11.3 Å². The first-order valence-electron chi connectivity index (χ1n) is 6.51. The van der Waals surface area contributed by atoms with E-state index in [4.69, 9.17) is 18.0 Å². The van der Waals surface area contributed by atoms with Crippen LogP contribution in [0.2, 0.25) is 0 Å². The highest BCUT2D eigenvalue weighted by atomic mass is 32.1. The average Bonchev–Trinajstić information content (AvgIpc) is 2.68. The van der Waals surface area contributed by atoms with Gasteiger partial charge in [0, 0.05) is 9.75 Å². The lowest BCUT2D eigenvalue weighted by atomic mass is 9.81. The minimum Gasteiger partial charge on any atom is -0.392 e. The van der Waals surface area contributed by atoms with E-state index in [1.54, 1.807) is 11.3 Å². The molecule has 0 saturated heterocycles. The summed E-state index contributed by atoms with van der Waals surface area (Å²) < 4.78 is 0. The standard InChI is InChI=1S/C14H22N2OS2/c1-5-14(6-2,12(15)18)13(17)16-8-11-7-9(3)10(4)19-11/h7H,5-6,8H2,1-4H3,(H2,15,18)(H,16,17). The van der Waals surface area contributed by atoms with E-state index in [1.807, 2.05) is 13.8 Å². The Labute approximate surface area is 124 Å². The number of carbonyl (C=O) groups excluding carboxylic acids is 1. The Balaban J connectivity index is 2.76. The Morgan fingerprint density at radius 2 is 2.00 bits per heavy atom. The van der Waals surface area contributed by atoms with Gasteiger partial charge < -0.3 is 11.1 Å². The minimum atomic E-state index is -0.712. The van der Waals surface area contributed by atoms with E-state index >= 15 is 0 Å². The number of amides is 1. The molecule has 0 aliphatic carbocycles. The van der Waals surface area contributed by atoms with Crippen molar-refractivity contribution in [2.45, 2.75) is 47.1 Å². The topological polar surface area (TPSA) is 55.1 Å². The number of aryl methyl sites for hydroxylation is 2. The van der Waals surface area contributed by atoms with Crippen LogP contribution in [0.5, 0.6) is 0 Å². The monoisotopic (exact) mass is 298 g/mol. The zero-order valence-electron chi connectivity index (χ0n) is 12.0. The average molecular weight is 298 g/mol. The van der Waals surface area contributed by atoms with Crippen molar-refractivity contribution in [1.82, 2.24) is 5.32 Å². The van der Waals surface area contributed by atoms with Crippen molar-refractivity contribution in [2.75, 3.05) is 0 Å². The summed E-state index contributed by atoms with van der Waals surface area (Å²) in [5.41, 5.74) is 6.32. The second-order valence-electron chi connectivity index (χ2n) is 4.79. The van der Waals surface area contributed by atoms with Crippen LogP contribution in [0.4, 0.5) is 0 Å². The first-order valence-corrected chi connectivity index (χ1v) is 7.74. The molecule has 0 spiro atoms. The lowest BCUT2D eigenvalue weighted by molar-refractivity contribution is -0.128. The molecule has 1 rings (SSSR count). The van der Waals surface area contributed by atoms with Gasteiger partial charge in [0.15, 0.2) is 0 Å². The van der Waals surface area contributed by atoms with Crippen LogP contribution in [0, 0.1) is 19.3 Å². The van der Waals surface area contributed by atoms with E-state index in [9.17, 15) is 4.79 Å². The van der Waals surface area contributed by atoms with E-state index in [-0.39, 0.29) is 10.9 Å². The van der Waals surface area contributed by atoms with Crippen LogP contribution in [0.3, 0.4) is 0 Å². The lowest BCUT2D eigenvalue weighted by Crippen LogP contribution is -2.48. The third kappa shape index (κ3) is 3.34. The first-order chi connectivity index (χ1) is 8.87. The molecule has 3 nitrogen and oxygen atoms in total. The molecule has 0 aliphatic heterocycles. The second kappa shape index (κ2) is 6.48. The van der Waals surface area contributed by atoms with Crippen molar-refractivity contribution in [2.24, 2.45) is 11.1 Å². The molecule has 0 aliphatic rings. The molecule has 3 N–H and O–H groups in total. The Morgan fingerprint density at radius 1 is 1.42 bits per heavy atom. The first kappa shape index (κ1) is 16.1. The fraction of sp³-hybridized carbons (Fsp3) is 0.571. The Bertz CT molecular complexity index is 456. The molecular weight excluding hydrogens is 276 g/mol. The SMILES string of the molecule is CCC(CC)(C(=O)NCc1cc(C)c(C)s1)C(N)=S. The maximum Gasteiger partial charge on any atom is 0.233 e. The molecule has 0 aromatic carbocycles. The third-order valence-electron chi connectivity index (χ3n) is 3.75. The number of nitrogens with one attached hydrogen (secondary N) is 1. The molecule has 1 amide bonds. The van der Waals surface area contributed by atoms with Crippen molar-refractivity contribution in [3.63, 3.8) is 0 Å². The predicted octanol–water partition coefficient (Wildman–Crippen LogP) is 3.07. The summed E-state index contributed by atoms with van der Waals surface area (Å²) in [4.78, 5) is 15.1. The third-order valence-corrected chi connectivity index (χ3v) is 5.30. The van der Waals surface area contributed by atoms with E-state index in [0.29, 0.717) is 19.4 Å². The zero-order valence-corrected chi connectivity index (χ0v) is 13.6. The summed E-state index contributed by atoms with van der Waals surface area (Å²) in [6.45, 7) is 8.60. The van der Waals surface area contributed by atoms with Crippen LogP contribution in [-0.4, -0.2) is 10.9 Å². The Kier molecular flexibility index (Phi) is 5.50. The van der Waals surface area contributed by atoms with Crippen LogP contribution < -0.4 is 11.1 Å². The van der Waals surface area contributed by atoms with Gasteiger partial charge in [-0.2, -0.15) is 0 Å². The van der Waals surface area contributed by atoms with Crippen LogP contribution in [-0.2, 0) is 11.3 Å². The van der Waals surface area contributed by atoms with Gasteiger partial charge in [0.05, 0.1) is 16.9 Å². The van der Waals surface area contributed by atoms with E-state index in [0.717, 1.165) is 4.88 Å². The molecular formula is C14H22N2OS2. The van der Waals surface area contributed by atoms with Crippen molar-refractivity contribution >= 4 is 34.5 Å². The van der Waals surface area contributed by atoms with Crippen molar-refractivity contribution in [1.29, 1.82) is 0 Å². The maximum absolute atomic E-state index is 12.4. The van der Waals surface area contributed by atoms with E-state index < -0.39 is 5.41 Å². The number of thiophene rings is 1. The van der Waals surface area contributed by atoms with Crippen LogP contribution in [0.15, 0.2) is 6.07 Å². The predicted molar refractivity (Wildman–Crippen MR) is 85.4 cm³/mol. The molecule has 0 radical (unpaired) electrons. The molecule has 1 heterocycles. The van der Waals surface area contributed by atoms with Gasteiger partial charge in [-0.3, -0.25) is 4.79 Å². The molecule has 0 fully saturated rings. The highest BCUT2D eigenvalue weighted by Gasteiger charge is 2.37. The fourth-order valence-corrected chi connectivity index (χ4v) is 3.48. The summed E-state index contributed by atoms with van der Waals surface area (Å²) in [6.07, 6.45) is 1.26. The molecule has 0 bridgehead atoms. The summed E-state index contributed by atoms with van der Waals surface area (Å²) in [5.74, 6) is -0.0614. The van der Waals surface area contributed by atoms with Crippen LogP contribution >= 0.6 is 23.6 Å². The molecule has 1 aromatic rings. The highest BCUT2D eigenvalue weighted by molar-refractivity contribution is 7.80. The van der Waals surface area contributed by atoms with Crippen molar-refractivity contribution in [3.05, 3.63) is 21.4 Å². The molecule has 0 saturated carbocycles. The molecule has 0 atom stereocenters. The number of rotatable bonds is 6. The molecule has 5 heteroatoms. The van der Waals surface area contributed by atoms with Gasteiger partial charge in [0.2, 0.25) is 5.91 Å². The van der Waals surface area contributed by atoms with E-state index in [1.165, 1.54) is 10.4 Å². The van der Waals surface area contributed by atoms with Crippen LogP contribution in [0.1, 0.15) is 42.0 Å². The van der Waals surface area contributed by atoms with Gasteiger partial charge in [-0.25, -0.2) is 0 Å². The summed E-state index contributed by atoms with van der Waals surface area (Å²) in [7, 11) is 0. The molecule has 106 valence electrons. The minimum absolute atomic E-state index is 0.0614. The number of hydrogen-bond acceptors (Lipinski definition) is 3. The van der Waals surface area contributed by atoms with E-state index in [2.05, 4.69) is 25.2 Å².